The minimum Gasteiger partial charge on any atom is -0.462 e. The van der Waals surface area contributed by atoms with Gasteiger partial charge in [-0.05, 0) is 39.0 Å². The van der Waals surface area contributed by atoms with E-state index in [2.05, 4.69) is 20.5 Å². The summed E-state index contributed by atoms with van der Waals surface area (Å²) >= 11 is 1.25. The van der Waals surface area contributed by atoms with Crippen LogP contribution in [0.2, 0.25) is 0 Å². The number of ether oxygens (including phenoxy) is 1. The van der Waals surface area contributed by atoms with Gasteiger partial charge in [0.05, 0.1) is 23.6 Å². The van der Waals surface area contributed by atoms with E-state index in [0.717, 1.165) is 11.4 Å². The van der Waals surface area contributed by atoms with E-state index in [-0.39, 0.29) is 18.3 Å². The number of aryl methyl sites for hydroxylation is 2. The monoisotopic (exact) mass is 385 g/mol. The van der Waals surface area contributed by atoms with Crippen molar-refractivity contribution in [2.75, 3.05) is 17.7 Å². The van der Waals surface area contributed by atoms with Crippen LogP contribution in [0, 0.1) is 13.8 Å². The smallest absolute Gasteiger partial charge is 0.340 e. The lowest BCUT2D eigenvalue weighted by atomic mass is 10.2. The fourth-order valence-corrected chi connectivity index (χ4v) is 3.37. The Morgan fingerprint density at radius 1 is 1.22 bits per heavy atom. The first kappa shape index (κ1) is 18.8. The lowest BCUT2D eigenvalue weighted by molar-refractivity contribution is -0.113. The Morgan fingerprint density at radius 2 is 2.00 bits per heavy atom. The molecule has 2 aromatic heterocycles. The molecule has 0 bridgehead atoms. The van der Waals surface area contributed by atoms with Gasteiger partial charge in [-0.25, -0.2) is 9.78 Å². The van der Waals surface area contributed by atoms with Crippen LogP contribution in [0.3, 0.4) is 0 Å². The number of anilines is 1. The summed E-state index contributed by atoms with van der Waals surface area (Å²) in [6.07, 6.45) is 0. The van der Waals surface area contributed by atoms with Gasteiger partial charge in [-0.15, -0.1) is 10.2 Å². The van der Waals surface area contributed by atoms with Gasteiger partial charge >= 0.3 is 5.97 Å². The third-order valence-electron chi connectivity index (χ3n) is 3.69. The quantitative estimate of drug-likeness (QED) is 0.514. The van der Waals surface area contributed by atoms with Gasteiger partial charge < -0.3 is 10.1 Å². The van der Waals surface area contributed by atoms with Crippen LogP contribution in [0.25, 0.3) is 5.78 Å². The number of nitrogens with one attached hydrogen (secondary N) is 1. The third-order valence-corrected chi connectivity index (χ3v) is 4.62. The molecule has 1 N–H and O–H groups in total. The first-order chi connectivity index (χ1) is 13.0. The maximum atomic E-state index is 12.4. The average molecular weight is 385 g/mol. The number of nitrogens with zero attached hydrogens (tertiary/aromatic N) is 4. The fourth-order valence-electron chi connectivity index (χ4n) is 2.59. The lowest BCUT2D eigenvalue weighted by Crippen LogP contribution is -2.17. The number of aromatic nitrogens is 4. The standard InChI is InChI=1S/C18H19N5O3S/c1-4-26-16(25)13-7-5-6-8-14(13)20-15(24)10-27-18-22-21-17-19-11(2)9-12(3)23(17)18/h5-9H,4,10H2,1-3H3,(H,20,24). The summed E-state index contributed by atoms with van der Waals surface area (Å²) in [5.41, 5.74) is 2.54. The van der Waals surface area contributed by atoms with Crippen molar-refractivity contribution >= 4 is 35.1 Å². The molecule has 1 aromatic carbocycles. The zero-order chi connectivity index (χ0) is 19.4. The summed E-state index contributed by atoms with van der Waals surface area (Å²) in [5, 5.41) is 11.5. The largest absolute Gasteiger partial charge is 0.462 e. The number of esters is 1. The molecular weight excluding hydrogens is 366 g/mol. The number of amides is 1. The topological polar surface area (TPSA) is 98.5 Å². The molecule has 0 atom stereocenters. The molecule has 0 aliphatic rings. The number of hydrogen-bond donors (Lipinski definition) is 1. The van der Waals surface area contributed by atoms with Crippen molar-refractivity contribution in [1.82, 2.24) is 19.6 Å². The summed E-state index contributed by atoms with van der Waals surface area (Å²) in [5.74, 6) is -0.110. The molecule has 3 rings (SSSR count). The van der Waals surface area contributed by atoms with Crippen LogP contribution in [0.5, 0.6) is 0 Å². The number of rotatable bonds is 6. The second-order valence-corrected chi connectivity index (χ2v) is 6.70. The van der Waals surface area contributed by atoms with Crippen molar-refractivity contribution in [3.8, 4) is 0 Å². The highest BCUT2D eigenvalue weighted by Crippen LogP contribution is 2.20. The summed E-state index contributed by atoms with van der Waals surface area (Å²) in [6, 6.07) is 8.67. The number of hydrogen-bond acceptors (Lipinski definition) is 7. The molecule has 0 saturated carbocycles. The summed E-state index contributed by atoms with van der Waals surface area (Å²) in [7, 11) is 0. The maximum absolute atomic E-state index is 12.4. The summed E-state index contributed by atoms with van der Waals surface area (Å²) in [6.45, 7) is 5.83. The van der Waals surface area contributed by atoms with Gasteiger partial charge in [0, 0.05) is 11.4 Å². The SMILES string of the molecule is CCOC(=O)c1ccccc1NC(=O)CSc1nnc2nc(C)cc(C)n12. The van der Waals surface area contributed by atoms with Gasteiger partial charge in [0.1, 0.15) is 0 Å². The van der Waals surface area contributed by atoms with Crippen LogP contribution < -0.4 is 5.32 Å². The van der Waals surface area contributed by atoms with Crippen molar-refractivity contribution in [3.63, 3.8) is 0 Å². The van der Waals surface area contributed by atoms with Crippen molar-refractivity contribution in [2.45, 2.75) is 25.9 Å². The Kier molecular flexibility index (Phi) is 5.70. The molecule has 0 aliphatic carbocycles. The lowest BCUT2D eigenvalue weighted by Gasteiger charge is -2.10. The first-order valence-corrected chi connectivity index (χ1v) is 9.36. The van der Waals surface area contributed by atoms with Crippen molar-refractivity contribution in [3.05, 3.63) is 47.3 Å². The molecule has 27 heavy (non-hydrogen) atoms. The maximum Gasteiger partial charge on any atom is 0.340 e. The van der Waals surface area contributed by atoms with E-state index in [1.165, 1.54) is 11.8 Å². The van der Waals surface area contributed by atoms with E-state index >= 15 is 0 Å². The van der Waals surface area contributed by atoms with Crippen molar-refractivity contribution in [1.29, 1.82) is 0 Å². The zero-order valence-corrected chi connectivity index (χ0v) is 16.0. The number of para-hydroxylation sites is 1. The Balaban J connectivity index is 1.70. The van der Waals surface area contributed by atoms with E-state index in [0.29, 0.717) is 22.2 Å². The molecule has 1 amide bonds. The molecule has 2 heterocycles. The second-order valence-electron chi connectivity index (χ2n) is 5.76. The van der Waals surface area contributed by atoms with Crippen LogP contribution in [0.4, 0.5) is 5.69 Å². The van der Waals surface area contributed by atoms with Crippen LogP contribution in [-0.4, -0.2) is 43.8 Å². The molecule has 140 valence electrons. The Hall–Kier alpha value is -2.94. The van der Waals surface area contributed by atoms with Gasteiger partial charge in [0.2, 0.25) is 5.91 Å². The number of thioether (sulfide) groups is 1. The molecule has 0 unspecified atom stereocenters. The van der Waals surface area contributed by atoms with E-state index in [1.54, 1.807) is 35.6 Å². The molecule has 0 spiro atoms. The number of carbonyl (C=O) groups is 2. The zero-order valence-electron chi connectivity index (χ0n) is 15.2. The third kappa shape index (κ3) is 4.25. The van der Waals surface area contributed by atoms with Gasteiger partial charge in [-0.3, -0.25) is 9.20 Å². The molecule has 0 fully saturated rings. The number of fused-ring (bicyclic) bond motifs is 1. The Morgan fingerprint density at radius 3 is 2.78 bits per heavy atom. The van der Waals surface area contributed by atoms with Crippen molar-refractivity contribution < 1.29 is 14.3 Å². The van der Waals surface area contributed by atoms with Gasteiger partial charge in [0.15, 0.2) is 5.16 Å². The molecule has 0 radical (unpaired) electrons. The normalized spacial score (nSPS) is 10.8. The number of benzene rings is 1. The Labute approximate surface area is 160 Å². The highest BCUT2D eigenvalue weighted by atomic mass is 32.2. The second kappa shape index (κ2) is 8.17. The van der Waals surface area contributed by atoms with Crippen LogP contribution in [-0.2, 0) is 9.53 Å². The summed E-state index contributed by atoms with van der Waals surface area (Å²) in [4.78, 5) is 28.7. The van der Waals surface area contributed by atoms with Crippen LogP contribution >= 0.6 is 11.8 Å². The molecule has 3 aromatic rings. The Bertz CT molecular complexity index is 1000. The van der Waals surface area contributed by atoms with Crippen molar-refractivity contribution in [2.24, 2.45) is 0 Å². The van der Waals surface area contributed by atoms with E-state index in [4.69, 9.17) is 4.74 Å². The molecule has 0 aliphatic heterocycles. The summed E-state index contributed by atoms with van der Waals surface area (Å²) < 4.78 is 6.82. The predicted octanol–water partition coefficient (Wildman–Crippen LogP) is 2.65. The molecule has 9 heteroatoms. The minimum atomic E-state index is -0.471. The highest BCUT2D eigenvalue weighted by molar-refractivity contribution is 7.99. The van der Waals surface area contributed by atoms with E-state index in [1.807, 2.05) is 19.9 Å². The van der Waals surface area contributed by atoms with Gasteiger partial charge in [-0.1, -0.05) is 23.9 Å². The van der Waals surface area contributed by atoms with E-state index in [9.17, 15) is 9.59 Å². The number of carbonyl (C=O) groups excluding carboxylic acids is 2. The minimum absolute atomic E-state index is 0.116. The van der Waals surface area contributed by atoms with Gasteiger partial charge in [-0.2, -0.15) is 0 Å². The average Bonchev–Trinajstić information content (AvgIpc) is 3.03. The van der Waals surface area contributed by atoms with Gasteiger partial charge in [0.25, 0.3) is 5.78 Å². The predicted molar refractivity (Wildman–Crippen MR) is 102 cm³/mol. The van der Waals surface area contributed by atoms with Crippen LogP contribution in [0.15, 0.2) is 35.5 Å². The highest BCUT2D eigenvalue weighted by Gasteiger charge is 2.16. The first-order valence-electron chi connectivity index (χ1n) is 8.37. The fraction of sp³-hybridized carbons (Fsp3) is 0.278. The van der Waals surface area contributed by atoms with E-state index < -0.39 is 5.97 Å². The molecule has 8 nitrogen and oxygen atoms in total. The molecule has 0 saturated heterocycles. The van der Waals surface area contributed by atoms with Crippen LogP contribution in [0.1, 0.15) is 28.7 Å². The molecular formula is C18H19N5O3S.